The number of nitrogens with one attached hydrogen (secondary N) is 1. The highest BCUT2D eigenvalue weighted by atomic mass is 19.1. The van der Waals surface area contributed by atoms with E-state index in [9.17, 15) is 9.18 Å². The van der Waals surface area contributed by atoms with Gasteiger partial charge in [-0.15, -0.1) is 0 Å². The van der Waals surface area contributed by atoms with Crippen molar-refractivity contribution in [2.45, 2.75) is 39.2 Å². The maximum atomic E-state index is 13.9. The summed E-state index contributed by atoms with van der Waals surface area (Å²) in [6.07, 6.45) is 3.02. The van der Waals surface area contributed by atoms with E-state index < -0.39 is 0 Å². The van der Waals surface area contributed by atoms with E-state index in [0.717, 1.165) is 19.3 Å². The number of halogens is 1. The second-order valence-electron chi connectivity index (χ2n) is 4.91. The highest BCUT2D eigenvalue weighted by Gasteiger charge is 2.33. The maximum absolute atomic E-state index is 13.9. The van der Waals surface area contributed by atoms with Crippen LogP contribution in [-0.2, 0) is 0 Å². The van der Waals surface area contributed by atoms with Gasteiger partial charge in [0, 0.05) is 19.1 Å². The summed E-state index contributed by atoms with van der Waals surface area (Å²) in [5.41, 5.74) is 0.788. The molecule has 0 aromatic heterocycles. The highest BCUT2D eigenvalue weighted by molar-refractivity contribution is 6.00. The van der Waals surface area contributed by atoms with Crippen LogP contribution in [0.1, 0.15) is 43.5 Å². The first-order valence-electron chi connectivity index (χ1n) is 7.02. The van der Waals surface area contributed by atoms with Gasteiger partial charge in [-0.05, 0) is 38.3 Å². The van der Waals surface area contributed by atoms with E-state index in [-0.39, 0.29) is 11.7 Å². The molecule has 1 amide bonds. The third-order valence-corrected chi connectivity index (χ3v) is 3.38. The molecule has 1 aliphatic carbocycles. The molecule has 0 atom stereocenters. The number of anilines is 1. The molecule has 3 nitrogen and oxygen atoms in total. The van der Waals surface area contributed by atoms with Crippen LogP contribution in [0.3, 0.4) is 0 Å². The Kier molecular flexibility index (Phi) is 4.40. The molecule has 0 unspecified atom stereocenters. The van der Waals surface area contributed by atoms with Crippen molar-refractivity contribution < 1.29 is 9.18 Å². The summed E-state index contributed by atoms with van der Waals surface area (Å²) in [4.78, 5) is 14.4. The van der Waals surface area contributed by atoms with Gasteiger partial charge in [0.25, 0.3) is 5.91 Å². The van der Waals surface area contributed by atoms with Crippen molar-refractivity contribution in [1.82, 2.24) is 4.90 Å². The molecule has 0 spiro atoms. The number of carbonyl (C=O) groups is 1. The molecule has 0 bridgehead atoms. The largest absolute Gasteiger partial charge is 0.382 e. The molecule has 1 aromatic carbocycles. The average Bonchev–Trinajstić information content (AvgIpc) is 3.22. The van der Waals surface area contributed by atoms with Gasteiger partial charge in [0.15, 0.2) is 0 Å². The van der Waals surface area contributed by atoms with E-state index in [1.807, 2.05) is 18.7 Å². The van der Waals surface area contributed by atoms with Gasteiger partial charge in [-0.1, -0.05) is 13.0 Å². The number of hydrogen-bond donors (Lipinski definition) is 1. The number of rotatable bonds is 6. The lowest BCUT2D eigenvalue weighted by Gasteiger charge is -2.22. The first-order valence-corrected chi connectivity index (χ1v) is 7.02. The Hall–Kier alpha value is -1.58. The fourth-order valence-corrected chi connectivity index (χ4v) is 2.24. The van der Waals surface area contributed by atoms with Crippen molar-refractivity contribution in [2.24, 2.45) is 0 Å². The molecule has 0 heterocycles. The quantitative estimate of drug-likeness (QED) is 0.855. The second-order valence-corrected chi connectivity index (χ2v) is 4.91. The van der Waals surface area contributed by atoms with Crippen molar-refractivity contribution in [3.63, 3.8) is 0 Å². The minimum Gasteiger partial charge on any atom is -0.382 e. The van der Waals surface area contributed by atoms with Crippen LogP contribution in [0.4, 0.5) is 10.1 Å². The lowest BCUT2D eigenvalue weighted by Crippen LogP contribution is -2.33. The van der Waals surface area contributed by atoms with Gasteiger partial charge in [-0.2, -0.15) is 0 Å². The van der Waals surface area contributed by atoms with E-state index >= 15 is 0 Å². The lowest BCUT2D eigenvalue weighted by atomic mass is 10.1. The molecule has 1 aliphatic rings. The zero-order valence-corrected chi connectivity index (χ0v) is 11.6. The Labute approximate surface area is 113 Å². The monoisotopic (exact) mass is 264 g/mol. The molecular weight excluding hydrogens is 243 g/mol. The standard InChI is InChI=1S/C15H21FN2O/c1-3-10-17-14-12(6-5-7-13(14)16)15(19)18(4-2)11-8-9-11/h5-7,11,17H,3-4,8-10H2,1-2H3. The summed E-state index contributed by atoms with van der Waals surface area (Å²) < 4.78 is 13.9. The van der Waals surface area contributed by atoms with Crippen molar-refractivity contribution in [3.05, 3.63) is 29.6 Å². The van der Waals surface area contributed by atoms with Crippen molar-refractivity contribution in [3.8, 4) is 0 Å². The van der Waals surface area contributed by atoms with Crippen molar-refractivity contribution >= 4 is 11.6 Å². The van der Waals surface area contributed by atoms with Crippen molar-refractivity contribution in [1.29, 1.82) is 0 Å². The van der Waals surface area contributed by atoms with Crippen LogP contribution < -0.4 is 5.32 Å². The SMILES string of the molecule is CCCNc1c(F)cccc1C(=O)N(CC)C1CC1. The van der Waals surface area contributed by atoms with E-state index in [0.29, 0.717) is 30.4 Å². The first-order chi connectivity index (χ1) is 9.19. The summed E-state index contributed by atoms with van der Waals surface area (Å²) >= 11 is 0. The zero-order valence-electron chi connectivity index (χ0n) is 11.6. The van der Waals surface area contributed by atoms with Crippen LogP contribution >= 0.6 is 0 Å². The van der Waals surface area contributed by atoms with Gasteiger partial charge in [0.1, 0.15) is 5.82 Å². The Morgan fingerprint density at radius 1 is 1.42 bits per heavy atom. The van der Waals surface area contributed by atoms with E-state index in [1.165, 1.54) is 6.07 Å². The predicted octanol–water partition coefficient (Wildman–Crippen LogP) is 3.27. The average molecular weight is 264 g/mol. The van der Waals surface area contributed by atoms with Gasteiger partial charge in [0.05, 0.1) is 11.3 Å². The van der Waals surface area contributed by atoms with Crippen LogP contribution in [0.2, 0.25) is 0 Å². The Morgan fingerprint density at radius 2 is 2.16 bits per heavy atom. The first kappa shape index (κ1) is 13.8. The molecule has 0 radical (unpaired) electrons. The number of para-hydroxylation sites is 1. The molecule has 1 N–H and O–H groups in total. The molecule has 1 fully saturated rings. The summed E-state index contributed by atoms with van der Waals surface area (Å²) in [7, 11) is 0. The number of nitrogens with zero attached hydrogens (tertiary/aromatic N) is 1. The Balaban J connectivity index is 2.26. The molecule has 2 rings (SSSR count). The number of amides is 1. The number of benzene rings is 1. The summed E-state index contributed by atoms with van der Waals surface area (Å²) in [6, 6.07) is 5.04. The molecule has 4 heteroatoms. The lowest BCUT2D eigenvalue weighted by molar-refractivity contribution is 0.0753. The zero-order chi connectivity index (χ0) is 13.8. The summed E-state index contributed by atoms with van der Waals surface area (Å²) in [5.74, 6) is -0.422. The molecule has 0 saturated heterocycles. The summed E-state index contributed by atoms with van der Waals surface area (Å²) in [5, 5.41) is 3.03. The molecule has 0 aliphatic heterocycles. The minimum atomic E-state index is -0.355. The fraction of sp³-hybridized carbons (Fsp3) is 0.533. The minimum absolute atomic E-state index is 0.0666. The number of carbonyl (C=O) groups excluding carboxylic acids is 1. The van der Waals surface area contributed by atoms with E-state index in [4.69, 9.17) is 0 Å². The fourth-order valence-electron chi connectivity index (χ4n) is 2.24. The van der Waals surface area contributed by atoms with Gasteiger partial charge in [-0.25, -0.2) is 4.39 Å². The third kappa shape index (κ3) is 3.06. The molecule has 19 heavy (non-hydrogen) atoms. The van der Waals surface area contributed by atoms with Crippen LogP contribution in [0, 0.1) is 5.82 Å². The molecular formula is C15H21FN2O. The van der Waals surface area contributed by atoms with Crippen molar-refractivity contribution in [2.75, 3.05) is 18.4 Å². The van der Waals surface area contributed by atoms with Crippen LogP contribution in [-0.4, -0.2) is 29.9 Å². The smallest absolute Gasteiger partial charge is 0.256 e. The van der Waals surface area contributed by atoms with E-state index in [2.05, 4.69) is 5.32 Å². The topological polar surface area (TPSA) is 32.3 Å². The highest BCUT2D eigenvalue weighted by Crippen LogP contribution is 2.30. The van der Waals surface area contributed by atoms with Gasteiger partial charge >= 0.3 is 0 Å². The normalized spacial score (nSPS) is 14.3. The Bertz CT molecular complexity index is 457. The molecule has 104 valence electrons. The molecule has 1 saturated carbocycles. The van der Waals surface area contributed by atoms with E-state index in [1.54, 1.807) is 12.1 Å². The second kappa shape index (κ2) is 6.04. The Morgan fingerprint density at radius 3 is 2.74 bits per heavy atom. The van der Waals surface area contributed by atoms with Gasteiger partial charge < -0.3 is 10.2 Å². The molecule has 1 aromatic rings. The third-order valence-electron chi connectivity index (χ3n) is 3.38. The van der Waals surface area contributed by atoms with Crippen LogP contribution in [0.5, 0.6) is 0 Å². The summed E-state index contributed by atoms with van der Waals surface area (Å²) in [6.45, 7) is 5.32. The van der Waals surface area contributed by atoms with Gasteiger partial charge in [0.2, 0.25) is 0 Å². The van der Waals surface area contributed by atoms with Gasteiger partial charge in [-0.3, -0.25) is 4.79 Å². The predicted molar refractivity (Wildman–Crippen MR) is 74.9 cm³/mol. The number of hydrogen-bond acceptors (Lipinski definition) is 2. The van der Waals surface area contributed by atoms with Crippen LogP contribution in [0.25, 0.3) is 0 Å². The maximum Gasteiger partial charge on any atom is 0.256 e. The van der Waals surface area contributed by atoms with Crippen LogP contribution in [0.15, 0.2) is 18.2 Å².